The summed E-state index contributed by atoms with van der Waals surface area (Å²) in [5.74, 6) is 0.259. The van der Waals surface area contributed by atoms with Crippen LogP contribution in [0.3, 0.4) is 0 Å². The van der Waals surface area contributed by atoms with Crippen LogP contribution in [-0.4, -0.2) is 11.3 Å². The maximum Gasteiger partial charge on any atom is 0.144 e. The number of phenolic OH excluding ortho intramolecular Hbond substituents is 1. The van der Waals surface area contributed by atoms with E-state index in [1.54, 1.807) is 0 Å². The zero-order valence-corrected chi connectivity index (χ0v) is 12.8. The van der Waals surface area contributed by atoms with Crippen LogP contribution >= 0.6 is 0 Å². The van der Waals surface area contributed by atoms with Gasteiger partial charge in [-0.1, -0.05) is 23.8 Å². The van der Waals surface area contributed by atoms with E-state index in [2.05, 4.69) is 37.9 Å². The number of aliphatic imine (C=N–C) groups is 1. The molecule has 0 aliphatic carbocycles. The highest BCUT2D eigenvalue weighted by molar-refractivity contribution is 5.86. The van der Waals surface area contributed by atoms with Crippen molar-refractivity contribution in [2.75, 3.05) is 0 Å². The molecule has 2 aromatic rings. The van der Waals surface area contributed by atoms with Crippen molar-refractivity contribution in [3.63, 3.8) is 0 Å². The number of nitrogens with zero attached hydrogens (tertiary/aromatic N) is 1. The van der Waals surface area contributed by atoms with Crippen LogP contribution in [0.15, 0.2) is 29.3 Å². The lowest BCUT2D eigenvalue weighted by Gasteiger charge is -2.08. The molecule has 2 rings (SSSR count). The number of hydrogen-bond acceptors (Lipinski definition) is 2. The van der Waals surface area contributed by atoms with Crippen molar-refractivity contribution in [1.82, 2.24) is 0 Å². The molecule has 0 aliphatic heterocycles. The summed E-state index contributed by atoms with van der Waals surface area (Å²) in [4.78, 5) is 4.47. The summed E-state index contributed by atoms with van der Waals surface area (Å²) >= 11 is 0. The molecule has 2 heteroatoms. The third-order valence-corrected chi connectivity index (χ3v) is 3.50. The molecule has 2 aromatic carbocycles. The van der Waals surface area contributed by atoms with E-state index in [0.717, 1.165) is 16.7 Å². The number of benzene rings is 2. The fourth-order valence-corrected chi connectivity index (χ4v) is 2.56. The van der Waals surface area contributed by atoms with Gasteiger partial charge in [-0.05, 0) is 68.5 Å². The molecule has 0 spiro atoms. The average Bonchev–Trinajstić information content (AvgIpc) is 2.33. The summed E-state index contributed by atoms with van der Waals surface area (Å²) in [5, 5.41) is 10.1. The summed E-state index contributed by atoms with van der Waals surface area (Å²) in [6.07, 6.45) is 1.85. The van der Waals surface area contributed by atoms with Gasteiger partial charge in [0.05, 0.1) is 0 Å². The minimum atomic E-state index is 0.259. The van der Waals surface area contributed by atoms with Crippen LogP contribution in [0.2, 0.25) is 0 Å². The lowest BCUT2D eigenvalue weighted by atomic mass is 10.0. The molecule has 0 aromatic heterocycles. The van der Waals surface area contributed by atoms with Crippen LogP contribution in [0.5, 0.6) is 5.75 Å². The first-order valence-electron chi connectivity index (χ1n) is 6.80. The Kier molecular flexibility index (Phi) is 3.93. The SMILES string of the molecule is Cc1cc(C)c(C=Nc2cc(C)cc(C)c2O)c(C)c1. The minimum absolute atomic E-state index is 0.259. The van der Waals surface area contributed by atoms with Crippen LogP contribution in [-0.2, 0) is 0 Å². The fraction of sp³-hybridized carbons (Fsp3) is 0.278. The third-order valence-electron chi connectivity index (χ3n) is 3.50. The van der Waals surface area contributed by atoms with Crippen molar-refractivity contribution in [3.05, 3.63) is 57.6 Å². The Morgan fingerprint density at radius 3 is 1.90 bits per heavy atom. The molecule has 0 atom stereocenters. The van der Waals surface area contributed by atoms with E-state index in [1.807, 2.05) is 32.2 Å². The molecule has 0 aliphatic rings. The fourth-order valence-electron chi connectivity index (χ4n) is 2.56. The van der Waals surface area contributed by atoms with E-state index in [9.17, 15) is 5.11 Å². The summed E-state index contributed by atoms with van der Waals surface area (Å²) < 4.78 is 0. The standard InChI is InChI=1S/C18H21NO/c1-11-6-13(3)16(14(4)7-11)10-19-17-9-12(2)8-15(5)18(17)20/h6-10,20H,1-5H3. The second-order valence-electron chi connectivity index (χ2n) is 5.52. The van der Waals surface area contributed by atoms with Crippen LogP contribution in [0.1, 0.15) is 33.4 Å². The van der Waals surface area contributed by atoms with E-state index in [4.69, 9.17) is 0 Å². The molecule has 0 unspecified atom stereocenters. The van der Waals surface area contributed by atoms with Crippen molar-refractivity contribution in [2.45, 2.75) is 34.6 Å². The summed E-state index contributed by atoms with van der Waals surface area (Å²) in [5.41, 5.74) is 7.37. The van der Waals surface area contributed by atoms with Crippen LogP contribution < -0.4 is 0 Å². The molecule has 0 bridgehead atoms. The van der Waals surface area contributed by atoms with Crippen LogP contribution in [0.4, 0.5) is 5.69 Å². The largest absolute Gasteiger partial charge is 0.505 e. The summed E-state index contributed by atoms with van der Waals surface area (Å²) in [7, 11) is 0. The summed E-state index contributed by atoms with van der Waals surface area (Å²) in [6.45, 7) is 10.2. The molecular formula is C18H21NO. The van der Waals surface area contributed by atoms with Crippen LogP contribution in [0, 0.1) is 34.6 Å². The smallest absolute Gasteiger partial charge is 0.144 e. The van der Waals surface area contributed by atoms with Gasteiger partial charge in [0, 0.05) is 6.21 Å². The Labute approximate surface area is 120 Å². The Balaban J connectivity index is 2.45. The van der Waals surface area contributed by atoms with Gasteiger partial charge in [0.15, 0.2) is 0 Å². The zero-order valence-electron chi connectivity index (χ0n) is 12.8. The second kappa shape index (κ2) is 5.49. The van der Waals surface area contributed by atoms with Crippen molar-refractivity contribution >= 4 is 11.9 Å². The molecule has 0 fully saturated rings. The molecular weight excluding hydrogens is 246 g/mol. The first-order chi connectivity index (χ1) is 9.38. The first-order valence-corrected chi connectivity index (χ1v) is 6.80. The van der Waals surface area contributed by atoms with Gasteiger partial charge in [0.1, 0.15) is 11.4 Å². The van der Waals surface area contributed by atoms with Gasteiger partial charge in [0.25, 0.3) is 0 Å². The Morgan fingerprint density at radius 2 is 1.30 bits per heavy atom. The van der Waals surface area contributed by atoms with Gasteiger partial charge >= 0.3 is 0 Å². The third kappa shape index (κ3) is 2.90. The van der Waals surface area contributed by atoms with Gasteiger partial charge in [-0.15, -0.1) is 0 Å². The lowest BCUT2D eigenvalue weighted by molar-refractivity contribution is 0.472. The highest BCUT2D eigenvalue weighted by Crippen LogP contribution is 2.31. The second-order valence-corrected chi connectivity index (χ2v) is 5.52. The normalized spacial score (nSPS) is 11.2. The molecule has 20 heavy (non-hydrogen) atoms. The molecule has 0 radical (unpaired) electrons. The summed E-state index contributed by atoms with van der Waals surface area (Å²) in [6, 6.07) is 8.15. The number of hydrogen-bond donors (Lipinski definition) is 1. The molecule has 0 saturated heterocycles. The number of phenols is 1. The van der Waals surface area contributed by atoms with Gasteiger partial charge in [-0.25, -0.2) is 0 Å². The maximum absolute atomic E-state index is 10.1. The topological polar surface area (TPSA) is 32.6 Å². The van der Waals surface area contributed by atoms with Crippen LogP contribution in [0.25, 0.3) is 0 Å². The van der Waals surface area contributed by atoms with Gasteiger partial charge in [-0.2, -0.15) is 0 Å². The van der Waals surface area contributed by atoms with E-state index < -0.39 is 0 Å². The van der Waals surface area contributed by atoms with Crippen molar-refractivity contribution in [1.29, 1.82) is 0 Å². The maximum atomic E-state index is 10.1. The Morgan fingerprint density at radius 1 is 0.800 bits per heavy atom. The predicted molar refractivity (Wildman–Crippen MR) is 85.5 cm³/mol. The number of aromatic hydroxyl groups is 1. The van der Waals surface area contributed by atoms with Gasteiger partial charge in [-0.3, -0.25) is 4.99 Å². The van der Waals surface area contributed by atoms with Crippen molar-refractivity contribution in [3.8, 4) is 5.75 Å². The van der Waals surface area contributed by atoms with Crippen molar-refractivity contribution in [2.24, 2.45) is 4.99 Å². The van der Waals surface area contributed by atoms with E-state index >= 15 is 0 Å². The molecule has 0 saturated carbocycles. The van der Waals surface area contributed by atoms with E-state index in [-0.39, 0.29) is 5.75 Å². The molecule has 0 amide bonds. The van der Waals surface area contributed by atoms with Gasteiger partial charge < -0.3 is 5.11 Å². The van der Waals surface area contributed by atoms with Crippen molar-refractivity contribution < 1.29 is 5.11 Å². The zero-order chi connectivity index (χ0) is 14.9. The Hall–Kier alpha value is -2.09. The predicted octanol–water partition coefficient (Wildman–Crippen LogP) is 4.68. The van der Waals surface area contributed by atoms with Gasteiger partial charge in [0.2, 0.25) is 0 Å². The first kappa shape index (κ1) is 14.3. The molecule has 0 heterocycles. The number of aryl methyl sites for hydroxylation is 5. The quantitative estimate of drug-likeness (QED) is 0.787. The minimum Gasteiger partial charge on any atom is -0.505 e. The van der Waals surface area contributed by atoms with E-state index in [0.29, 0.717) is 5.69 Å². The molecule has 104 valence electrons. The highest BCUT2D eigenvalue weighted by atomic mass is 16.3. The number of rotatable bonds is 2. The average molecular weight is 267 g/mol. The highest BCUT2D eigenvalue weighted by Gasteiger charge is 2.05. The Bertz CT molecular complexity index is 661. The molecule has 2 nitrogen and oxygen atoms in total. The monoisotopic (exact) mass is 267 g/mol. The molecule has 1 N–H and O–H groups in total. The lowest BCUT2D eigenvalue weighted by Crippen LogP contribution is -1.93. The van der Waals surface area contributed by atoms with E-state index in [1.165, 1.54) is 16.7 Å².